The summed E-state index contributed by atoms with van der Waals surface area (Å²) in [5, 5.41) is 1.71. The average Bonchev–Trinajstić information content (AvgIpc) is 2.46. The second kappa shape index (κ2) is 5.22. The highest BCUT2D eigenvalue weighted by Gasteiger charge is 2.20. The summed E-state index contributed by atoms with van der Waals surface area (Å²) >= 11 is 2.01. The van der Waals surface area contributed by atoms with Crippen molar-refractivity contribution in [2.45, 2.75) is 12.2 Å². The number of hydrazine groups is 1. The number of anilines is 2. The Labute approximate surface area is 116 Å². The number of rotatable bonds is 2. The van der Waals surface area contributed by atoms with E-state index in [1.54, 1.807) is 0 Å². The summed E-state index contributed by atoms with van der Waals surface area (Å²) in [5.41, 5.74) is 3.48. The van der Waals surface area contributed by atoms with Crippen LogP contribution in [0.1, 0.15) is 6.92 Å². The van der Waals surface area contributed by atoms with Crippen molar-refractivity contribution < 1.29 is 0 Å². The van der Waals surface area contributed by atoms with E-state index in [9.17, 15) is 0 Å². The first-order valence-electron chi connectivity index (χ1n) is 6.38. The summed E-state index contributed by atoms with van der Waals surface area (Å²) in [4.78, 5) is 11.3. The van der Waals surface area contributed by atoms with Gasteiger partial charge in [0.2, 0.25) is 5.95 Å². The largest absolute Gasteiger partial charge is 0.354 e. The van der Waals surface area contributed by atoms with Crippen LogP contribution in [-0.4, -0.2) is 34.1 Å². The first-order valence-corrected chi connectivity index (χ1v) is 7.43. The molecule has 0 radical (unpaired) electrons. The Morgan fingerprint density at radius 1 is 1.37 bits per heavy atom. The molecule has 1 atom stereocenters. The third-order valence-electron chi connectivity index (χ3n) is 3.25. The number of fused-ring (bicyclic) bond motifs is 1. The molecule has 0 amide bonds. The molecule has 1 unspecified atom stereocenters. The Bertz CT molecular complexity index is 588. The van der Waals surface area contributed by atoms with E-state index in [0.717, 1.165) is 35.6 Å². The first-order chi connectivity index (χ1) is 9.28. The summed E-state index contributed by atoms with van der Waals surface area (Å²) < 4.78 is 0. The Morgan fingerprint density at radius 2 is 2.21 bits per heavy atom. The lowest BCUT2D eigenvalue weighted by Gasteiger charge is -2.32. The molecule has 0 saturated carbocycles. The molecule has 2 heterocycles. The lowest BCUT2D eigenvalue weighted by Crippen LogP contribution is -2.37. The van der Waals surface area contributed by atoms with Gasteiger partial charge in [-0.1, -0.05) is 19.1 Å². The molecule has 0 spiro atoms. The fraction of sp³-hybridized carbons (Fsp3) is 0.385. The number of nitrogen functional groups attached to an aromatic ring is 1. The molecule has 0 bridgehead atoms. The molecule has 2 aromatic rings. The van der Waals surface area contributed by atoms with Crippen LogP contribution in [0.4, 0.5) is 11.8 Å². The SMILES string of the molecule is CC1CN(c2nc(NN)nc3ccccc23)CCS1. The van der Waals surface area contributed by atoms with Gasteiger partial charge in [0.25, 0.3) is 0 Å². The van der Waals surface area contributed by atoms with Crippen LogP contribution in [0.25, 0.3) is 10.9 Å². The van der Waals surface area contributed by atoms with Crippen molar-refractivity contribution in [1.82, 2.24) is 9.97 Å². The van der Waals surface area contributed by atoms with Crippen molar-refractivity contribution in [3.05, 3.63) is 24.3 Å². The van der Waals surface area contributed by atoms with Gasteiger partial charge in [-0.25, -0.2) is 10.8 Å². The van der Waals surface area contributed by atoms with Crippen LogP contribution in [0.2, 0.25) is 0 Å². The number of aromatic nitrogens is 2. The molecule has 0 aliphatic carbocycles. The molecular formula is C13H17N5S. The van der Waals surface area contributed by atoms with Crippen LogP contribution < -0.4 is 16.2 Å². The minimum atomic E-state index is 0.472. The zero-order chi connectivity index (χ0) is 13.2. The molecule has 1 aliphatic heterocycles. The number of nitrogens with two attached hydrogens (primary N) is 1. The maximum Gasteiger partial charge on any atom is 0.239 e. The normalized spacial score (nSPS) is 19.7. The third-order valence-corrected chi connectivity index (χ3v) is 4.39. The van der Waals surface area contributed by atoms with E-state index in [-0.39, 0.29) is 0 Å². The number of thioether (sulfide) groups is 1. The monoisotopic (exact) mass is 275 g/mol. The van der Waals surface area contributed by atoms with E-state index in [0.29, 0.717) is 11.2 Å². The molecule has 1 aliphatic rings. The fourth-order valence-electron chi connectivity index (χ4n) is 2.38. The minimum Gasteiger partial charge on any atom is -0.354 e. The van der Waals surface area contributed by atoms with Gasteiger partial charge in [0.15, 0.2) is 0 Å². The molecule has 3 N–H and O–H groups in total. The highest BCUT2D eigenvalue weighted by molar-refractivity contribution is 8.00. The highest BCUT2D eigenvalue weighted by Crippen LogP contribution is 2.28. The smallest absolute Gasteiger partial charge is 0.239 e. The van der Waals surface area contributed by atoms with Gasteiger partial charge in [-0.15, -0.1) is 0 Å². The number of hydrogen-bond donors (Lipinski definition) is 2. The number of nitrogens with one attached hydrogen (secondary N) is 1. The van der Waals surface area contributed by atoms with Gasteiger partial charge >= 0.3 is 0 Å². The second-order valence-corrected chi connectivity index (χ2v) is 6.21. The zero-order valence-corrected chi connectivity index (χ0v) is 11.7. The van der Waals surface area contributed by atoms with Crippen molar-refractivity contribution in [1.29, 1.82) is 0 Å². The molecule has 1 aromatic carbocycles. The van der Waals surface area contributed by atoms with Gasteiger partial charge in [-0.2, -0.15) is 16.7 Å². The van der Waals surface area contributed by atoms with Crippen LogP contribution >= 0.6 is 11.8 Å². The van der Waals surface area contributed by atoms with Gasteiger partial charge in [-0.05, 0) is 12.1 Å². The third kappa shape index (κ3) is 2.46. The summed E-state index contributed by atoms with van der Waals surface area (Å²) in [6, 6.07) is 8.06. The maximum atomic E-state index is 5.47. The molecule has 1 saturated heterocycles. The Morgan fingerprint density at radius 3 is 3.00 bits per heavy atom. The van der Waals surface area contributed by atoms with Crippen LogP contribution in [0, 0.1) is 0 Å². The Kier molecular flexibility index (Phi) is 3.44. The van der Waals surface area contributed by atoms with Gasteiger partial charge in [0.1, 0.15) is 5.82 Å². The topological polar surface area (TPSA) is 67.1 Å². The molecule has 3 rings (SSSR count). The van der Waals surface area contributed by atoms with Gasteiger partial charge in [0.05, 0.1) is 5.52 Å². The molecule has 100 valence electrons. The van der Waals surface area contributed by atoms with E-state index in [1.165, 1.54) is 0 Å². The summed E-state index contributed by atoms with van der Waals surface area (Å²) in [6.45, 7) is 4.28. The predicted octanol–water partition coefficient (Wildman–Crippen LogP) is 1.86. The molecule has 5 nitrogen and oxygen atoms in total. The molecule has 19 heavy (non-hydrogen) atoms. The first kappa shape index (κ1) is 12.5. The van der Waals surface area contributed by atoms with Crippen molar-refractivity contribution in [2.75, 3.05) is 29.2 Å². The maximum absolute atomic E-state index is 5.47. The van der Waals surface area contributed by atoms with Crippen molar-refractivity contribution >= 4 is 34.4 Å². The number of hydrogen-bond acceptors (Lipinski definition) is 6. The minimum absolute atomic E-state index is 0.472. The van der Waals surface area contributed by atoms with Crippen LogP contribution in [0.3, 0.4) is 0 Å². The molecule has 1 fully saturated rings. The van der Waals surface area contributed by atoms with E-state index < -0.39 is 0 Å². The molecular weight excluding hydrogens is 258 g/mol. The van der Waals surface area contributed by atoms with Crippen molar-refractivity contribution in [3.8, 4) is 0 Å². The summed E-state index contributed by atoms with van der Waals surface area (Å²) in [6.07, 6.45) is 0. The summed E-state index contributed by atoms with van der Waals surface area (Å²) in [5.74, 6) is 8.05. The lowest BCUT2D eigenvalue weighted by molar-refractivity contribution is 0.773. The van der Waals surface area contributed by atoms with Crippen LogP contribution in [0.15, 0.2) is 24.3 Å². The predicted molar refractivity (Wildman–Crippen MR) is 81.5 cm³/mol. The van der Waals surface area contributed by atoms with E-state index >= 15 is 0 Å². The van der Waals surface area contributed by atoms with Gasteiger partial charge < -0.3 is 4.90 Å². The molecule has 6 heteroatoms. The standard InChI is InChI=1S/C13H17N5S/c1-9-8-18(6-7-19-9)12-10-4-2-3-5-11(10)15-13(16-12)17-14/h2-5,9H,6-8,14H2,1H3,(H,15,16,17). The lowest BCUT2D eigenvalue weighted by atomic mass is 10.2. The van der Waals surface area contributed by atoms with E-state index in [1.807, 2.05) is 30.0 Å². The second-order valence-electron chi connectivity index (χ2n) is 4.66. The Hall–Kier alpha value is -1.53. The van der Waals surface area contributed by atoms with Crippen LogP contribution in [-0.2, 0) is 0 Å². The number of benzene rings is 1. The number of para-hydroxylation sites is 1. The molecule has 1 aromatic heterocycles. The number of nitrogens with zero attached hydrogens (tertiary/aromatic N) is 3. The highest BCUT2D eigenvalue weighted by atomic mass is 32.2. The average molecular weight is 275 g/mol. The fourth-order valence-corrected chi connectivity index (χ4v) is 3.39. The zero-order valence-electron chi connectivity index (χ0n) is 10.8. The Balaban J connectivity index is 2.10. The summed E-state index contributed by atoms with van der Waals surface area (Å²) in [7, 11) is 0. The van der Waals surface area contributed by atoms with Crippen molar-refractivity contribution in [3.63, 3.8) is 0 Å². The van der Waals surface area contributed by atoms with Gasteiger partial charge in [-0.3, -0.25) is 5.43 Å². The van der Waals surface area contributed by atoms with Crippen LogP contribution in [0.5, 0.6) is 0 Å². The van der Waals surface area contributed by atoms with Crippen molar-refractivity contribution in [2.24, 2.45) is 5.84 Å². The van der Waals surface area contributed by atoms with E-state index in [2.05, 4.69) is 33.3 Å². The quantitative estimate of drug-likeness (QED) is 0.644. The van der Waals surface area contributed by atoms with Gasteiger partial charge in [0, 0.05) is 29.5 Å². The van der Waals surface area contributed by atoms with E-state index in [4.69, 9.17) is 5.84 Å².